The Morgan fingerprint density at radius 3 is 2.94 bits per heavy atom. The molecule has 3 aromatic heterocycles. The van der Waals surface area contributed by atoms with Crippen molar-refractivity contribution in [1.82, 2.24) is 24.7 Å². The number of carbonyl (C=O) groups excluding carboxylic acids is 1. The SMILES string of the molecule is CCOCCCn1c(NC(=O)CCc2nc(-c3cccnc3)no2)nc2ccccc21. The maximum atomic E-state index is 12.6. The average molecular weight is 420 g/mol. The molecule has 31 heavy (non-hydrogen) atoms. The van der Waals surface area contributed by atoms with Gasteiger partial charge in [0.05, 0.1) is 11.0 Å². The Hall–Kier alpha value is -3.59. The van der Waals surface area contributed by atoms with E-state index in [1.165, 1.54) is 0 Å². The van der Waals surface area contributed by atoms with Crippen molar-refractivity contribution in [2.45, 2.75) is 32.7 Å². The van der Waals surface area contributed by atoms with Gasteiger partial charge < -0.3 is 13.8 Å². The van der Waals surface area contributed by atoms with E-state index in [4.69, 9.17) is 9.26 Å². The Balaban J connectivity index is 1.40. The van der Waals surface area contributed by atoms with E-state index in [-0.39, 0.29) is 12.3 Å². The zero-order valence-corrected chi connectivity index (χ0v) is 17.3. The first-order chi connectivity index (χ1) is 15.2. The quantitative estimate of drug-likeness (QED) is 0.391. The van der Waals surface area contributed by atoms with Crippen LogP contribution in [0.2, 0.25) is 0 Å². The number of ether oxygens (including phenoxy) is 1. The number of nitrogens with zero attached hydrogens (tertiary/aromatic N) is 5. The number of nitrogens with one attached hydrogen (secondary N) is 1. The molecule has 0 aliphatic rings. The number of hydrogen-bond acceptors (Lipinski definition) is 7. The monoisotopic (exact) mass is 420 g/mol. The molecule has 1 N–H and O–H groups in total. The molecule has 0 unspecified atom stereocenters. The molecule has 4 rings (SSSR count). The summed E-state index contributed by atoms with van der Waals surface area (Å²) < 4.78 is 12.7. The number of hydrogen-bond donors (Lipinski definition) is 1. The summed E-state index contributed by atoms with van der Waals surface area (Å²) in [6.07, 6.45) is 4.72. The van der Waals surface area contributed by atoms with Crippen molar-refractivity contribution in [3.8, 4) is 11.4 Å². The molecule has 9 heteroatoms. The summed E-state index contributed by atoms with van der Waals surface area (Å²) >= 11 is 0. The number of para-hydroxylation sites is 2. The Bertz CT molecular complexity index is 1140. The van der Waals surface area contributed by atoms with Crippen molar-refractivity contribution in [3.63, 3.8) is 0 Å². The van der Waals surface area contributed by atoms with Gasteiger partial charge in [0.1, 0.15) is 0 Å². The van der Waals surface area contributed by atoms with Gasteiger partial charge in [-0.15, -0.1) is 0 Å². The average Bonchev–Trinajstić information content (AvgIpc) is 3.41. The second-order valence-electron chi connectivity index (χ2n) is 6.93. The van der Waals surface area contributed by atoms with E-state index < -0.39 is 0 Å². The third-order valence-electron chi connectivity index (χ3n) is 4.73. The van der Waals surface area contributed by atoms with Crippen molar-refractivity contribution in [2.75, 3.05) is 18.5 Å². The van der Waals surface area contributed by atoms with Crippen molar-refractivity contribution < 1.29 is 14.1 Å². The van der Waals surface area contributed by atoms with E-state index in [0.717, 1.165) is 23.0 Å². The molecular weight excluding hydrogens is 396 g/mol. The summed E-state index contributed by atoms with van der Waals surface area (Å²) in [6, 6.07) is 11.5. The van der Waals surface area contributed by atoms with Gasteiger partial charge in [-0.3, -0.25) is 15.1 Å². The fourth-order valence-electron chi connectivity index (χ4n) is 3.24. The van der Waals surface area contributed by atoms with Crippen LogP contribution in [0.4, 0.5) is 5.95 Å². The van der Waals surface area contributed by atoms with Crippen LogP contribution in [-0.4, -0.2) is 43.8 Å². The topological polar surface area (TPSA) is 108 Å². The predicted molar refractivity (Wildman–Crippen MR) is 115 cm³/mol. The number of rotatable bonds is 10. The molecule has 160 valence electrons. The van der Waals surface area contributed by atoms with Crippen LogP contribution in [0.25, 0.3) is 22.4 Å². The highest BCUT2D eigenvalue weighted by atomic mass is 16.5. The molecule has 9 nitrogen and oxygen atoms in total. The normalized spacial score (nSPS) is 11.1. The lowest BCUT2D eigenvalue weighted by atomic mass is 10.2. The van der Waals surface area contributed by atoms with Crippen LogP contribution in [0.5, 0.6) is 0 Å². The molecule has 4 aromatic rings. The molecule has 0 fully saturated rings. The number of aromatic nitrogens is 5. The first-order valence-corrected chi connectivity index (χ1v) is 10.3. The Kier molecular flexibility index (Phi) is 6.63. The van der Waals surface area contributed by atoms with E-state index in [2.05, 4.69) is 25.4 Å². The van der Waals surface area contributed by atoms with Crippen molar-refractivity contribution in [2.24, 2.45) is 0 Å². The van der Waals surface area contributed by atoms with Gasteiger partial charge in [-0.05, 0) is 37.6 Å². The minimum absolute atomic E-state index is 0.164. The lowest BCUT2D eigenvalue weighted by Gasteiger charge is -2.10. The predicted octanol–water partition coefficient (Wildman–Crippen LogP) is 3.48. The van der Waals surface area contributed by atoms with Gasteiger partial charge in [0.15, 0.2) is 0 Å². The second-order valence-corrected chi connectivity index (χ2v) is 6.93. The highest BCUT2D eigenvalue weighted by Crippen LogP contribution is 2.20. The number of aryl methyl sites for hydroxylation is 2. The van der Waals surface area contributed by atoms with Crippen LogP contribution in [-0.2, 0) is 22.5 Å². The maximum Gasteiger partial charge on any atom is 0.227 e. The Morgan fingerprint density at radius 2 is 2.10 bits per heavy atom. The molecule has 1 aromatic carbocycles. The summed E-state index contributed by atoms with van der Waals surface area (Å²) in [7, 11) is 0. The molecular formula is C22H24N6O3. The molecule has 0 aliphatic heterocycles. The molecule has 0 saturated carbocycles. The fraction of sp³-hybridized carbons (Fsp3) is 0.318. The molecule has 0 bridgehead atoms. The summed E-state index contributed by atoms with van der Waals surface area (Å²) in [5.74, 6) is 1.23. The maximum absolute atomic E-state index is 12.6. The van der Waals surface area contributed by atoms with Gasteiger partial charge in [-0.1, -0.05) is 17.3 Å². The first-order valence-electron chi connectivity index (χ1n) is 10.3. The smallest absolute Gasteiger partial charge is 0.227 e. The van der Waals surface area contributed by atoms with E-state index in [1.54, 1.807) is 18.5 Å². The first kappa shape index (κ1) is 20.7. The van der Waals surface area contributed by atoms with Crippen LogP contribution < -0.4 is 5.32 Å². The number of carbonyl (C=O) groups is 1. The van der Waals surface area contributed by atoms with Crippen LogP contribution in [0.1, 0.15) is 25.7 Å². The number of anilines is 1. The largest absolute Gasteiger partial charge is 0.382 e. The number of benzene rings is 1. The second kappa shape index (κ2) is 9.94. The molecule has 0 atom stereocenters. The van der Waals surface area contributed by atoms with E-state index in [0.29, 0.717) is 43.8 Å². The molecule has 0 aliphatic carbocycles. The molecule has 0 saturated heterocycles. The highest BCUT2D eigenvalue weighted by Gasteiger charge is 2.15. The zero-order chi connectivity index (χ0) is 21.5. The van der Waals surface area contributed by atoms with Crippen LogP contribution in [0, 0.1) is 0 Å². The van der Waals surface area contributed by atoms with Gasteiger partial charge in [0.2, 0.25) is 23.6 Å². The zero-order valence-electron chi connectivity index (χ0n) is 17.3. The van der Waals surface area contributed by atoms with Crippen molar-refractivity contribution in [3.05, 3.63) is 54.7 Å². The van der Waals surface area contributed by atoms with Gasteiger partial charge in [-0.25, -0.2) is 4.98 Å². The van der Waals surface area contributed by atoms with E-state index in [9.17, 15) is 4.79 Å². The Labute approximate surface area is 179 Å². The van der Waals surface area contributed by atoms with Gasteiger partial charge in [-0.2, -0.15) is 4.98 Å². The molecule has 3 heterocycles. The third-order valence-corrected chi connectivity index (χ3v) is 4.73. The number of pyridine rings is 1. The summed E-state index contributed by atoms with van der Waals surface area (Å²) in [6.45, 7) is 4.02. The van der Waals surface area contributed by atoms with Gasteiger partial charge in [0, 0.05) is 50.6 Å². The van der Waals surface area contributed by atoms with Crippen LogP contribution in [0.3, 0.4) is 0 Å². The van der Waals surface area contributed by atoms with Crippen LogP contribution >= 0.6 is 0 Å². The molecule has 1 amide bonds. The fourth-order valence-corrected chi connectivity index (χ4v) is 3.24. The molecule has 0 radical (unpaired) electrons. The minimum atomic E-state index is -0.164. The van der Waals surface area contributed by atoms with E-state index >= 15 is 0 Å². The Morgan fingerprint density at radius 1 is 1.19 bits per heavy atom. The summed E-state index contributed by atoms with van der Waals surface area (Å²) in [5.41, 5.74) is 2.59. The lowest BCUT2D eigenvalue weighted by Crippen LogP contribution is -2.17. The number of amides is 1. The minimum Gasteiger partial charge on any atom is -0.382 e. The lowest BCUT2D eigenvalue weighted by molar-refractivity contribution is -0.116. The van der Waals surface area contributed by atoms with Crippen molar-refractivity contribution >= 4 is 22.9 Å². The standard InChI is InChI=1S/C22H24N6O3/c1-2-30-14-6-13-28-18-9-4-3-8-17(18)24-22(28)25-19(29)10-11-20-26-21(27-31-20)16-7-5-12-23-15-16/h3-5,7-9,12,15H,2,6,10-11,13-14H2,1H3,(H,24,25,29). The third kappa shape index (κ3) is 5.13. The molecule has 0 spiro atoms. The van der Waals surface area contributed by atoms with Gasteiger partial charge >= 0.3 is 0 Å². The van der Waals surface area contributed by atoms with Crippen molar-refractivity contribution in [1.29, 1.82) is 0 Å². The summed E-state index contributed by atoms with van der Waals surface area (Å²) in [5, 5.41) is 6.88. The summed E-state index contributed by atoms with van der Waals surface area (Å²) in [4.78, 5) is 25.5. The van der Waals surface area contributed by atoms with Crippen LogP contribution in [0.15, 0.2) is 53.3 Å². The van der Waals surface area contributed by atoms with Gasteiger partial charge in [0.25, 0.3) is 0 Å². The highest BCUT2D eigenvalue weighted by molar-refractivity contribution is 5.91. The number of fused-ring (bicyclic) bond motifs is 1. The van der Waals surface area contributed by atoms with E-state index in [1.807, 2.05) is 41.8 Å². The number of imidazole rings is 1.